The van der Waals surface area contributed by atoms with Gasteiger partial charge < -0.3 is 29.9 Å². The van der Waals surface area contributed by atoms with Crippen molar-refractivity contribution in [2.75, 3.05) is 62.0 Å². The second kappa shape index (κ2) is 13.2. The van der Waals surface area contributed by atoms with E-state index in [1.807, 2.05) is 49.1 Å². The molecule has 0 atom stereocenters. The number of aromatic nitrogens is 4. The van der Waals surface area contributed by atoms with Crippen molar-refractivity contribution in [1.82, 2.24) is 25.1 Å². The van der Waals surface area contributed by atoms with Crippen LogP contribution in [0.15, 0.2) is 40.4 Å². The molecule has 0 bridgehead atoms. The minimum Gasteiger partial charge on any atom is -0.487 e. The fraction of sp³-hybridized carbons (Fsp3) is 0.464. The maximum Gasteiger partial charge on any atom is 0.227 e. The molecule has 41 heavy (non-hydrogen) atoms. The van der Waals surface area contributed by atoms with Crippen LogP contribution in [0.3, 0.4) is 0 Å². The van der Waals surface area contributed by atoms with Gasteiger partial charge in [-0.25, -0.2) is 9.97 Å². The van der Waals surface area contributed by atoms with Crippen LogP contribution in [0.1, 0.15) is 31.9 Å². The van der Waals surface area contributed by atoms with E-state index in [0.29, 0.717) is 74.2 Å². The number of aryl methyl sites for hydroxylation is 1. The lowest BCUT2D eigenvalue weighted by molar-refractivity contribution is -0.132. The van der Waals surface area contributed by atoms with E-state index in [1.54, 1.807) is 7.11 Å². The molecule has 0 radical (unpaired) electrons. The summed E-state index contributed by atoms with van der Waals surface area (Å²) in [6, 6.07) is 9.57. The van der Waals surface area contributed by atoms with E-state index in [-0.39, 0.29) is 17.7 Å². The van der Waals surface area contributed by atoms with Gasteiger partial charge in [-0.3, -0.25) is 14.7 Å². The minimum atomic E-state index is 0.0784. The number of nitrogens with zero attached hydrogens (tertiary/aromatic N) is 5. The van der Waals surface area contributed by atoms with E-state index in [4.69, 9.17) is 19.4 Å². The fourth-order valence-corrected chi connectivity index (χ4v) is 5.21. The Hall–Kier alpha value is -3.84. The van der Waals surface area contributed by atoms with Crippen LogP contribution in [-0.2, 0) is 14.3 Å². The third-order valence-corrected chi connectivity index (χ3v) is 7.67. The van der Waals surface area contributed by atoms with Crippen molar-refractivity contribution in [3.63, 3.8) is 0 Å². The maximum absolute atomic E-state index is 12.5. The molecule has 1 aliphatic heterocycles. The van der Waals surface area contributed by atoms with Gasteiger partial charge in [0.25, 0.3) is 0 Å². The molecule has 3 N–H and O–H groups in total. The Bertz CT molecular complexity index is 1350. The van der Waals surface area contributed by atoms with Gasteiger partial charge in [0.15, 0.2) is 22.6 Å². The highest BCUT2D eigenvalue weighted by Crippen LogP contribution is 2.39. The minimum absolute atomic E-state index is 0.0784. The van der Waals surface area contributed by atoms with Crippen LogP contribution in [-0.4, -0.2) is 83.4 Å². The van der Waals surface area contributed by atoms with E-state index in [2.05, 4.69) is 25.7 Å². The summed E-state index contributed by atoms with van der Waals surface area (Å²) in [5.41, 5.74) is 1.69. The summed E-state index contributed by atoms with van der Waals surface area (Å²) in [6.07, 6.45) is 2.30. The number of ether oxygens (including phenoxy) is 2. The van der Waals surface area contributed by atoms with Crippen molar-refractivity contribution < 1.29 is 19.1 Å². The summed E-state index contributed by atoms with van der Waals surface area (Å²) >= 11 is 1.42. The topological polar surface area (TPSA) is 138 Å². The van der Waals surface area contributed by atoms with Crippen molar-refractivity contribution in [1.29, 1.82) is 0 Å². The molecule has 1 saturated heterocycles. The highest BCUT2D eigenvalue weighted by Gasteiger charge is 2.30. The number of methoxy groups -OCH3 is 1. The summed E-state index contributed by atoms with van der Waals surface area (Å²) in [4.78, 5) is 39.3. The molecule has 218 valence electrons. The van der Waals surface area contributed by atoms with Crippen molar-refractivity contribution in [2.45, 2.75) is 43.2 Å². The predicted octanol–water partition coefficient (Wildman–Crippen LogP) is 3.84. The molecule has 12 nitrogen and oxygen atoms in total. The Balaban J connectivity index is 1.39. The number of piperazine rings is 1. The van der Waals surface area contributed by atoms with Crippen molar-refractivity contribution in [3.8, 4) is 5.75 Å². The first kappa shape index (κ1) is 28.7. The highest BCUT2D eigenvalue weighted by atomic mass is 32.2. The van der Waals surface area contributed by atoms with Crippen LogP contribution >= 0.6 is 11.8 Å². The molecule has 13 heteroatoms. The molecule has 3 aromatic rings. The summed E-state index contributed by atoms with van der Waals surface area (Å²) in [5, 5.41) is 14.1. The van der Waals surface area contributed by atoms with Gasteiger partial charge in [-0.15, -0.1) is 0 Å². The van der Waals surface area contributed by atoms with Crippen molar-refractivity contribution >= 4 is 46.7 Å². The van der Waals surface area contributed by atoms with Gasteiger partial charge in [0, 0.05) is 61.5 Å². The monoisotopic (exact) mass is 580 g/mol. The van der Waals surface area contributed by atoms with E-state index >= 15 is 0 Å². The molecule has 2 aliphatic rings. The molecule has 3 heterocycles. The number of H-pyrrole nitrogens is 1. The molecule has 5 rings (SSSR count). The van der Waals surface area contributed by atoms with Crippen LogP contribution in [0.4, 0.5) is 23.1 Å². The lowest BCUT2D eigenvalue weighted by atomic mass is 10.2. The molecule has 2 aromatic heterocycles. The van der Waals surface area contributed by atoms with Crippen molar-refractivity contribution in [3.05, 3.63) is 36.0 Å². The zero-order valence-corrected chi connectivity index (χ0v) is 24.4. The van der Waals surface area contributed by atoms with Gasteiger partial charge in [0.2, 0.25) is 17.6 Å². The van der Waals surface area contributed by atoms with Crippen LogP contribution in [0.2, 0.25) is 0 Å². The second-order valence-electron chi connectivity index (χ2n) is 10.0. The molecule has 0 unspecified atom stereocenters. The lowest BCUT2D eigenvalue weighted by Gasteiger charge is -2.36. The summed E-state index contributed by atoms with van der Waals surface area (Å²) in [5.74, 6) is 2.64. The second-order valence-corrected chi connectivity index (χ2v) is 11.0. The van der Waals surface area contributed by atoms with Gasteiger partial charge in [-0.2, -0.15) is 5.10 Å². The number of carbonyl (C=O) groups is 2. The van der Waals surface area contributed by atoms with E-state index in [9.17, 15) is 9.59 Å². The zero-order chi connectivity index (χ0) is 28.8. The largest absolute Gasteiger partial charge is 0.487 e. The normalized spacial score (nSPS) is 15.1. The van der Waals surface area contributed by atoms with E-state index < -0.39 is 0 Å². The summed E-state index contributed by atoms with van der Waals surface area (Å²) in [6.45, 7) is 7.07. The van der Waals surface area contributed by atoms with Gasteiger partial charge in [-0.05, 0) is 62.7 Å². The average Bonchev–Trinajstić information content (AvgIpc) is 3.76. The quantitative estimate of drug-likeness (QED) is 0.271. The number of anilines is 4. The third-order valence-electron chi connectivity index (χ3n) is 6.80. The van der Waals surface area contributed by atoms with Crippen LogP contribution in [0.5, 0.6) is 5.75 Å². The number of amides is 2. The number of hydrogen-bond donors (Lipinski definition) is 3. The first-order chi connectivity index (χ1) is 19.9. The zero-order valence-electron chi connectivity index (χ0n) is 23.6. The Morgan fingerprint density at radius 3 is 2.51 bits per heavy atom. The van der Waals surface area contributed by atoms with Gasteiger partial charge in [0.05, 0.1) is 19.6 Å². The van der Waals surface area contributed by atoms with Crippen molar-refractivity contribution in [2.24, 2.45) is 5.92 Å². The number of aromatic amines is 1. The van der Waals surface area contributed by atoms with Crippen LogP contribution in [0.25, 0.3) is 0 Å². The molecule has 0 spiro atoms. The number of rotatable bonds is 12. The van der Waals surface area contributed by atoms with Crippen LogP contribution < -0.4 is 20.3 Å². The molecular weight excluding hydrogens is 544 g/mol. The molecule has 1 saturated carbocycles. The lowest BCUT2D eigenvalue weighted by Crippen LogP contribution is -2.49. The van der Waals surface area contributed by atoms with Gasteiger partial charge >= 0.3 is 0 Å². The fourth-order valence-electron chi connectivity index (χ4n) is 4.46. The molecular formula is C28H36N8O4S. The van der Waals surface area contributed by atoms with E-state index in [0.717, 1.165) is 29.1 Å². The third kappa shape index (κ3) is 7.47. The highest BCUT2D eigenvalue weighted by molar-refractivity contribution is 7.99. The SMILES string of the molecule is CCOc1c(Nc2cc(C)[nH]n2)nc(Sc2ccc(NC(=O)C3CC3)cc2)nc1N1CCN(C(=O)CCOC)CC1. The van der Waals surface area contributed by atoms with Gasteiger partial charge in [0.1, 0.15) is 0 Å². The van der Waals surface area contributed by atoms with Crippen LogP contribution in [0, 0.1) is 12.8 Å². The molecule has 1 aliphatic carbocycles. The Morgan fingerprint density at radius 1 is 1.12 bits per heavy atom. The molecule has 1 aromatic carbocycles. The standard InChI is InChI=1S/C28H36N8O4S/c1-4-40-24-25(30-22-17-18(2)33-34-22)31-28(41-21-9-7-20(8-10-21)29-27(38)19-5-6-19)32-26(24)36-14-12-35(13-15-36)23(37)11-16-39-3/h7-10,17,19H,4-6,11-16H2,1-3H3,(H,29,38)(H2,30,31,32,33,34). The first-order valence-corrected chi connectivity index (χ1v) is 14.7. The predicted molar refractivity (Wildman–Crippen MR) is 157 cm³/mol. The average molecular weight is 581 g/mol. The summed E-state index contributed by atoms with van der Waals surface area (Å²) in [7, 11) is 1.60. The first-order valence-electron chi connectivity index (χ1n) is 13.9. The van der Waals surface area contributed by atoms with E-state index in [1.165, 1.54) is 11.8 Å². The Labute approximate surface area is 243 Å². The number of benzene rings is 1. The maximum atomic E-state index is 12.5. The summed E-state index contributed by atoms with van der Waals surface area (Å²) < 4.78 is 11.2. The number of carbonyl (C=O) groups excluding carboxylic acids is 2. The smallest absolute Gasteiger partial charge is 0.227 e. The number of nitrogens with one attached hydrogen (secondary N) is 3. The molecule has 2 amide bonds. The number of hydrogen-bond acceptors (Lipinski definition) is 10. The van der Waals surface area contributed by atoms with Gasteiger partial charge in [-0.1, -0.05) is 0 Å². The Kier molecular flexibility index (Phi) is 9.24. The molecule has 2 fully saturated rings. The Morgan fingerprint density at radius 2 is 1.88 bits per heavy atom.